The van der Waals surface area contributed by atoms with Gasteiger partial charge in [-0.2, -0.15) is 0 Å². The number of aromatic nitrogens is 3. The minimum absolute atomic E-state index is 0.152. The van der Waals surface area contributed by atoms with Crippen molar-refractivity contribution in [1.29, 1.82) is 0 Å². The molecule has 0 spiro atoms. The van der Waals surface area contributed by atoms with Gasteiger partial charge in [0.25, 0.3) is 5.56 Å². The molecule has 0 bridgehead atoms. The van der Waals surface area contributed by atoms with Crippen LogP contribution in [0.3, 0.4) is 0 Å². The molecular formula is C22H22N4O4. The van der Waals surface area contributed by atoms with Crippen molar-refractivity contribution in [3.8, 4) is 11.5 Å². The van der Waals surface area contributed by atoms with Crippen LogP contribution < -0.4 is 20.3 Å². The molecule has 0 aliphatic rings. The first kappa shape index (κ1) is 19.5. The zero-order chi connectivity index (χ0) is 21.1. The van der Waals surface area contributed by atoms with Gasteiger partial charge in [-0.15, -0.1) is 0 Å². The maximum absolute atomic E-state index is 12.8. The SMILES string of the molecule is COc1ccc(OC)c(CNC(=O)CCn2cnc3c([nH]c4ccccc43)c2=O)c1. The average Bonchev–Trinajstić information content (AvgIpc) is 3.16. The monoisotopic (exact) mass is 406 g/mol. The first-order chi connectivity index (χ1) is 14.6. The number of H-pyrrole nitrogens is 1. The standard InChI is InChI=1S/C22H22N4O4/c1-29-15-7-8-18(30-2)14(11-15)12-23-19(27)9-10-26-13-24-20-16-5-3-4-6-17(16)25-21(20)22(26)28/h3-8,11,13,25H,9-10,12H2,1-2H3,(H,23,27). The van der Waals surface area contributed by atoms with E-state index in [-0.39, 0.29) is 24.4 Å². The average molecular weight is 406 g/mol. The zero-order valence-corrected chi connectivity index (χ0v) is 16.8. The van der Waals surface area contributed by atoms with Crippen LogP contribution in [0, 0.1) is 0 Å². The fourth-order valence-electron chi connectivity index (χ4n) is 3.42. The van der Waals surface area contributed by atoms with Gasteiger partial charge in [0.05, 0.1) is 20.5 Å². The largest absolute Gasteiger partial charge is 0.497 e. The van der Waals surface area contributed by atoms with Crippen molar-refractivity contribution in [3.63, 3.8) is 0 Å². The Balaban J connectivity index is 1.44. The number of benzene rings is 2. The van der Waals surface area contributed by atoms with Gasteiger partial charge >= 0.3 is 0 Å². The van der Waals surface area contributed by atoms with E-state index in [1.807, 2.05) is 30.3 Å². The normalized spacial score (nSPS) is 11.0. The van der Waals surface area contributed by atoms with E-state index in [2.05, 4.69) is 15.3 Å². The minimum atomic E-state index is -0.196. The summed E-state index contributed by atoms with van der Waals surface area (Å²) in [6, 6.07) is 13.0. The molecule has 0 aliphatic heterocycles. The molecule has 0 unspecified atom stereocenters. The van der Waals surface area contributed by atoms with Crippen LogP contribution in [0.25, 0.3) is 21.9 Å². The first-order valence-corrected chi connectivity index (χ1v) is 9.54. The number of para-hydroxylation sites is 1. The molecule has 8 nitrogen and oxygen atoms in total. The molecule has 4 rings (SSSR count). The smallest absolute Gasteiger partial charge is 0.277 e. The number of carbonyl (C=O) groups is 1. The summed E-state index contributed by atoms with van der Waals surface area (Å²) < 4.78 is 12.0. The maximum atomic E-state index is 12.8. The number of rotatable bonds is 7. The van der Waals surface area contributed by atoms with Gasteiger partial charge in [0, 0.05) is 36.0 Å². The highest BCUT2D eigenvalue weighted by Gasteiger charge is 2.12. The van der Waals surface area contributed by atoms with Crippen LogP contribution in [0.2, 0.25) is 0 Å². The number of fused-ring (bicyclic) bond motifs is 3. The summed E-state index contributed by atoms with van der Waals surface area (Å²) in [6.07, 6.45) is 1.64. The van der Waals surface area contributed by atoms with Gasteiger partial charge in [-0.3, -0.25) is 14.2 Å². The van der Waals surface area contributed by atoms with Gasteiger partial charge in [0.15, 0.2) is 0 Å². The quantitative estimate of drug-likeness (QED) is 0.492. The number of nitrogens with zero attached hydrogens (tertiary/aromatic N) is 2. The van der Waals surface area contributed by atoms with Gasteiger partial charge in [0.1, 0.15) is 22.5 Å². The number of amides is 1. The second-order valence-corrected chi connectivity index (χ2v) is 6.84. The summed E-state index contributed by atoms with van der Waals surface area (Å²) in [5.41, 5.74) is 2.56. The summed E-state index contributed by atoms with van der Waals surface area (Å²) in [5, 5.41) is 3.76. The van der Waals surface area contributed by atoms with Crippen molar-refractivity contribution < 1.29 is 14.3 Å². The fraction of sp³-hybridized carbons (Fsp3) is 0.227. The van der Waals surface area contributed by atoms with Gasteiger partial charge in [-0.25, -0.2) is 4.98 Å². The molecule has 2 heterocycles. The lowest BCUT2D eigenvalue weighted by molar-refractivity contribution is -0.121. The topological polar surface area (TPSA) is 98.2 Å². The number of methoxy groups -OCH3 is 2. The summed E-state index contributed by atoms with van der Waals surface area (Å²) in [6.45, 7) is 0.533. The van der Waals surface area contributed by atoms with Crippen LogP contribution in [-0.4, -0.2) is 34.7 Å². The molecule has 1 amide bonds. The third-order valence-electron chi connectivity index (χ3n) is 5.02. The summed E-state index contributed by atoms with van der Waals surface area (Å²) in [5.74, 6) is 1.17. The number of nitrogens with one attached hydrogen (secondary N) is 2. The Morgan fingerprint density at radius 3 is 2.80 bits per heavy atom. The van der Waals surface area contributed by atoms with Crippen LogP contribution >= 0.6 is 0 Å². The van der Waals surface area contributed by atoms with Crippen molar-refractivity contribution in [2.24, 2.45) is 0 Å². The number of hydrogen-bond donors (Lipinski definition) is 2. The lowest BCUT2D eigenvalue weighted by Gasteiger charge is -2.12. The molecule has 2 aromatic carbocycles. The fourth-order valence-corrected chi connectivity index (χ4v) is 3.42. The van der Waals surface area contributed by atoms with Crippen molar-refractivity contribution >= 4 is 27.8 Å². The molecular weight excluding hydrogens is 384 g/mol. The Morgan fingerprint density at radius 2 is 2.00 bits per heavy atom. The molecule has 0 radical (unpaired) electrons. The lowest BCUT2D eigenvalue weighted by atomic mass is 10.2. The highest BCUT2D eigenvalue weighted by atomic mass is 16.5. The number of aryl methyl sites for hydroxylation is 1. The Bertz CT molecular complexity index is 1280. The number of aromatic amines is 1. The second-order valence-electron chi connectivity index (χ2n) is 6.84. The van der Waals surface area contributed by atoms with Gasteiger partial charge in [-0.1, -0.05) is 18.2 Å². The van der Waals surface area contributed by atoms with Crippen molar-refractivity contribution in [2.75, 3.05) is 14.2 Å². The molecule has 0 saturated carbocycles. The summed E-state index contributed by atoms with van der Waals surface area (Å²) in [7, 11) is 3.16. The van der Waals surface area contributed by atoms with E-state index in [4.69, 9.17) is 9.47 Å². The van der Waals surface area contributed by atoms with Crippen LogP contribution in [0.1, 0.15) is 12.0 Å². The predicted octanol–water partition coefficient (Wildman–Crippen LogP) is 2.60. The van der Waals surface area contributed by atoms with E-state index in [0.717, 1.165) is 16.5 Å². The Morgan fingerprint density at radius 1 is 1.17 bits per heavy atom. The third kappa shape index (κ3) is 3.71. The van der Waals surface area contributed by atoms with E-state index < -0.39 is 0 Å². The molecule has 0 atom stereocenters. The van der Waals surface area contributed by atoms with Gasteiger partial charge in [0.2, 0.25) is 5.91 Å². The van der Waals surface area contributed by atoms with Crippen LogP contribution in [0.5, 0.6) is 11.5 Å². The molecule has 4 aromatic rings. The Hall–Kier alpha value is -3.81. The summed E-state index contributed by atoms with van der Waals surface area (Å²) >= 11 is 0. The molecule has 0 fully saturated rings. The predicted molar refractivity (Wildman–Crippen MR) is 114 cm³/mol. The Labute approximate surface area is 172 Å². The van der Waals surface area contributed by atoms with E-state index in [0.29, 0.717) is 29.1 Å². The molecule has 2 aromatic heterocycles. The highest BCUT2D eigenvalue weighted by molar-refractivity contribution is 6.04. The molecule has 8 heteroatoms. The maximum Gasteiger partial charge on any atom is 0.277 e. The molecule has 2 N–H and O–H groups in total. The molecule has 0 saturated heterocycles. The van der Waals surface area contributed by atoms with Crippen molar-refractivity contribution in [2.45, 2.75) is 19.5 Å². The van der Waals surface area contributed by atoms with E-state index in [1.165, 1.54) is 10.9 Å². The molecule has 30 heavy (non-hydrogen) atoms. The number of hydrogen-bond acceptors (Lipinski definition) is 5. The van der Waals surface area contributed by atoms with Crippen LogP contribution in [0.15, 0.2) is 53.6 Å². The zero-order valence-electron chi connectivity index (χ0n) is 16.8. The van der Waals surface area contributed by atoms with Crippen LogP contribution in [-0.2, 0) is 17.9 Å². The Kier molecular flexibility index (Phi) is 5.38. The van der Waals surface area contributed by atoms with E-state index in [9.17, 15) is 9.59 Å². The van der Waals surface area contributed by atoms with E-state index >= 15 is 0 Å². The van der Waals surface area contributed by atoms with Crippen LogP contribution in [0.4, 0.5) is 0 Å². The van der Waals surface area contributed by atoms with Gasteiger partial charge in [-0.05, 0) is 24.3 Å². The molecule has 0 aliphatic carbocycles. The number of carbonyl (C=O) groups excluding carboxylic acids is 1. The highest BCUT2D eigenvalue weighted by Crippen LogP contribution is 2.24. The van der Waals surface area contributed by atoms with Crippen molar-refractivity contribution in [3.05, 3.63) is 64.7 Å². The first-order valence-electron chi connectivity index (χ1n) is 9.54. The minimum Gasteiger partial charge on any atom is -0.497 e. The lowest BCUT2D eigenvalue weighted by Crippen LogP contribution is -2.27. The number of ether oxygens (including phenoxy) is 2. The third-order valence-corrected chi connectivity index (χ3v) is 5.02. The van der Waals surface area contributed by atoms with Gasteiger partial charge < -0.3 is 19.8 Å². The summed E-state index contributed by atoms with van der Waals surface area (Å²) in [4.78, 5) is 32.6. The van der Waals surface area contributed by atoms with Crippen molar-refractivity contribution in [1.82, 2.24) is 19.9 Å². The molecule has 154 valence electrons. The second kappa shape index (κ2) is 8.28. The van der Waals surface area contributed by atoms with E-state index in [1.54, 1.807) is 26.4 Å².